The van der Waals surface area contributed by atoms with E-state index in [1.54, 1.807) is 12.1 Å². The molecule has 0 aliphatic heterocycles. The van der Waals surface area contributed by atoms with E-state index in [9.17, 15) is 10.1 Å². The van der Waals surface area contributed by atoms with Crippen LogP contribution < -0.4 is 5.32 Å². The van der Waals surface area contributed by atoms with E-state index in [1.807, 2.05) is 19.1 Å². The number of nitrogens with zero attached hydrogens (tertiary/aromatic N) is 1. The predicted molar refractivity (Wildman–Crippen MR) is 80.4 cm³/mol. The van der Waals surface area contributed by atoms with E-state index >= 15 is 0 Å². The van der Waals surface area contributed by atoms with E-state index in [2.05, 4.69) is 12.2 Å². The fraction of sp³-hybridized carbons (Fsp3) is 0.375. The van der Waals surface area contributed by atoms with Crippen LogP contribution in [0.1, 0.15) is 36.3 Å². The van der Waals surface area contributed by atoms with E-state index in [-0.39, 0.29) is 10.6 Å². The summed E-state index contributed by atoms with van der Waals surface area (Å²) in [5.41, 5.74) is 1.59. The van der Waals surface area contributed by atoms with Gasteiger partial charge in [0.2, 0.25) is 0 Å². The lowest BCUT2D eigenvalue weighted by Crippen LogP contribution is -2.02. The smallest absolute Gasteiger partial charge is 0.292 e. The van der Waals surface area contributed by atoms with Crippen molar-refractivity contribution in [2.45, 2.75) is 32.7 Å². The third-order valence-electron chi connectivity index (χ3n) is 3.96. The topological polar surface area (TPSA) is 68.3 Å². The van der Waals surface area contributed by atoms with Gasteiger partial charge in [0.05, 0.1) is 11.5 Å². The first-order valence-corrected chi connectivity index (χ1v) is 7.12. The number of nitrogens with one attached hydrogen (secondary N) is 1. The quantitative estimate of drug-likeness (QED) is 0.659. The average Bonchev–Trinajstić information content (AvgIpc) is 2.99. The molecule has 0 bridgehead atoms. The Morgan fingerprint density at radius 1 is 1.38 bits per heavy atom. The number of benzene rings is 1. The van der Waals surface area contributed by atoms with Crippen LogP contribution in [0.25, 0.3) is 0 Å². The highest BCUT2D eigenvalue weighted by atomic mass is 16.6. The summed E-state index contributed by atoms with van der Waals surface area (Å²) in [6.07, 6.45) is 1.18. The molecular formula is C16H18N2O3. The van der Waals surface area contributed by atoms with E-state index < -0.39 is 0 Å². The molecule has 2 aromatic rings. The Balaban J connectivity index is 1.71. The van der Waals surface area contributed by atoms with Crippen LogP contribution in [0.5, 0.6) is 0 Å². The Labute approximate surface area is 123 Å². The molecule has 0 amide bonds. The molecule has 0 spiro atoms. The van der Waals surface area contributed by atoms with Gasteiger partial charge in [0.15, 0.2) is 0 Å². The van der Waals surface area contributed by atoms with Gasteiger partial charge in [-0.15, -0.1) is 0 Å². The maximum Gasteiger partial charge on any atom is 0.292 e. The van der Waals surface area contributed by atoms with Gasteiger partial charge in [-0.3, -0.25) is 10.1 Å². The fourth-order valence-electron chi connectivity index (χ4n) is 2.54. The largest absolute Gasteiger partial charge is 0.464 e. The van der Waals surface area contributed by atoms with Crippen molar-refractivity contribution in [2.24, 2.45) is 5.92 Å². The third-order valence-corrected chi connectivity index (χ3v) is 3.96. The molecule has 0 radical (unpaired) electrons. The van der Waals surface area contributed by atoms with Crippen molar-refractivity contribution in [2.75, 3.05) is 5.32 Å². The minimum atomic E-state index is -0.374. The van der Waals surface area contributed by atoms with Crippen molar-refractivity contribution in [1.29, 1.82) is 0 Å². The van der Waals surface area contributed by atoms with Crippen molar-refractivity contribution in [3.63, 3.8) is 0 Å². The molecule has 1 saturated carbocycles. The number of furan rings is 1. The van der Waals surface area contributed by atoms with Gasteiger partial charge in [0, 0.05) is 12.0 Å². The zero-order valence-corrected chi connectivity index (χ0v) is 12.1. The summed E-state index contributed by atoms with van der Waals surface area (Å²) >= 11 is 0. The van der Waals surface area contributed by atoms with E-state index in [0.717, 1.165) is 17.1 Å². The number of nitro benzene ring substituents is 1. The summed E-state index contributed by atoms with van der Waals surface area (Å²) in [6, 6.07) is 9.00. The third kappa shape index (κ3) is 2.91. The second-order valence-electron chi connectivity index (χ2n) is 5.75. The van der Waals surface area contributed by atoms with Crippen molar-refractivity contribution in [1.82, 2.24) is 0 Å². The summed E-state index contributed by atoms with van der Waals surface area (Å²) in [5, 5.41) is 14.1. The first-order valence-electron chi connectivity index (χ1n) is 7.12. The molecule has 2 unspecified atom stereocenters. The SMILES string of the molecule is Cc1ccc([N+](=O)[O-])c(NCc2ccc(C3CC3C)o2)c1. The van der Waals surface area contributed by atoms with Gasteiger partial charge < -0.3 is 9.73 Å². The van der Waals surface area contributed by atoms with Gasteiger partial charge in [0.25, 0.3) is 5.69 Å². The van der Waals surface area contributed by atoms with Crippen molar-refractivity contribution < 1.29 is 9.34 Å². The number of anilines is 1. The lowest BCUT2D eigenvalue weighted by atomic mass is 10.2. The number of nitro groups is 1. The van der Waals surface area contributed by atoms with Gasteiger partial charge in [-0.1, -0.05) is 13.0 Å². The summed E-state index contributed by atoms with van der Waals surface area (Å²) in [5.74, 6) is 3.08. The first kappa shape index (κ1) is 13.7. The molecule has 2 atom stereocenters. The average molecular weight is 286 g/mol. The molecule has 3 rings (SSSR count). The number of hydrogen-bond acceptors (Lipinski definition) is 4. The summed E-state index contributed by atoms with van der Waals surface area (Å²) < 4.78 is 5.80. The molecule has 1 aliphatic carbocycles. The highest BCUT2D eigenvalue weighted by Gasteiger charge is 2.36. The maximum atomic E-state index is 11.0. The molecule has 1 N–H and O–H groups in total. The minimum absolute atomic E-state index is 0.0863. The number of rotatable bonds is 5. The highest BCUT2D eigenvalue weighted by molar-refractivity contribution is 5.62. The van der Waals surface area contributed by atoms with Crippen molar-refractivity contribution in [3.05, 3.63) is 57.5 Å². The van der Waals surface area contributed by atoms with Crippen molar-refractivity contribution in [3.8, 4) is 0 Å². The lowest BCUT2D eigenvalue weighted by Gasteiger charge is -2.06. The molecule has 0 saturated heterocycles. The summed E-state index contributed by atoms with van der Waals surface area (Å²) in [7, 11) is 0. The molecule has 5 heteroatoms. The van der Waals surface area contributed by atoms with E-state index in [4.69, 9.17) is 4.42 Å². The van der Waals surface area contributed by atoms with Crippen LogP contribution in [-0.4, -0.2) is 4.92 Å². The number of aryl methyl sites for hydroxylation is 1. The van der Waals surface area contributed by atoms with Gasteiger partial charge in [0.1, 0.15) is 17.2 Å². The van der Waals surface area contributed by atoms with Crippen LogP contribution in [0, 0.1) is 23.0 Å². The minimum Gasteiger partial charge on any atom is -0.464 e. The second-order valence-corrected chi connectivity index (χ2v) is 5.75. The predicted octanol–water partition coefficient (Wildman–Crippen LogP) is 4.23. The molecule has 1 fully saturated rings. The summed E-state index contributed by atoms with van der Waals surface area (Å²) in [4.78, 5) is 10.7. The molecule has 1 aromatic carbocycles. The molecule has 1 aromatic heterocycles. The number of hydrogen-bond donors (Lipinski definition) is 1. The van der Waals surface area contributed by atoms with Gasteiger partial charge in [-0.05, 0) is 43.0 Å². The Morgan fingerprint density at radius 3 is 2.81 bits per heavy atom. The second kappa shape index (κ2) is 5.24. The Hall–Kier alpha value is -2.30. The first-order chi connectivity index (χ1) is 10.0. The monoisotopic (exact) mass is 286 g/mol. The van der Waals surface area contributed by atoms with E-state index in [1.165, 1.54) is 12.5 Å². The standard InChI is InChI=1S/C16H18N2O3/c1-10-3-5-15(18(19)20)14(7-10)17-9-12-4-6-16(21-12)13-8-11(13)2/h3-7,11,13,17H,8-9H2,1-2H3. The van der Waals surface area contributed by atoms with Crippen LogP contribution in [0.4, 0.5) is 11.4 Å². The Kier molecular flexibility index (Phi) is 3.41. The highest BCUT2D eigenvalue weighted by Crippen LogP contribution is 2.47. The Bertz CT molecular complexity index is 678. The normalized spacial score (nSPS) is 20.3. The van der Waals surface area contributed by atoms with Crippen LogP contribution in [-0.2, 0) is 6.54 Å². The molecule has 110 valence electrons. The zero-order chi connectivity index (χ0) is 15.0. The fourth-order valence-corrected chi connectivity index (χ4v) is 2.54. The van der Waals surface area contributed by atoms with Gasteiger partial charge in [-0.25, -0.2) is 0 Å². The van der Waals surface area contributed by atoms with Crippen LogP contribution in [0.15, 0.2) is 34.7 Å². The lowest BCUT2D eigenvalue weighted by molar-refractivity contribution is -0.384. The van der Waals surface area contributed by atoms with Crippen molar-refractivity contribution >= 4 is 11.4 Å². The molecule has 1 heterocycles. The molecular weight excluding hydrogens is 268 g/mol. The van der Waals surface area contributed by atoms with E-state index in [0.29, 0.717) is 24.1 Å². The van der Waals surface area contributed by atoms with Crippen LogP contribution in [0.3, 0.4) is 0 Å². The molecule has 21 heavy (non-hydrogen) atoms. The molecule has 1 aliphatic rings. The molecule has 5 nitrogen and oxygen atoms in total. The van der Waals surface area contributed by atoms with Crippen LogP contribution in [0.2, 0.25) is 0 Å². The summed E-state index contributed by atoms with van der Waals surface area (Å²) in [6.45, 7) is 4.57. The Morgan fingerprint density at radius 2 is 2.14 bits per heavy atom. The van der Waals surface area contributed by atoms with Crippen LogP contribution >= 0.6 is 0 Å². The zero-order valence-electron chi connectivity index (χ0n) is 12.1. The van der Waals surface area contributed by atoms with Gasteiger partial charge >= 0.3 is 0 Å². The van der Waals surface area contributed by atoms with Gasteiger partial charge in [-0.2, -0.15) is 0 Å². The maximum absolute atomic E-state index is 11.0.